The molecule has 0 aliphatic heterocycles. The van der Waals surface area contributed by atoms with Crippen LogP contribution in [-0.2, 0) is 6.54 Å². The normalized spacial score (nSPS) is 11.0. The lowest BCUT2D eigenvalue weighted by Gasteiger charge is -2.03. The van der Waals surface area contributed by atoms with Gasteiger partial charge in [0.1, 0.15) is 0 Å². The summed E-state index contributed by atoms with van der Waals surface area (Å²) < 4.78 is 4.96. The van der Waals surface area contributed by atoms with E-state index >= 15 is 0 Å². The number of fused-ring (bicyclic) bond motifs is 1. The number of nitrogens with one attached hydrogen (secondary N) is 2. The van der Waals surface area contributed by atoms with Crippen molar-refractivity contribution in [3.63, 3.8) is 0 Å². The van der Waals surface area contributed by atoms with Crippen LogP contribution >= 0.6 is 0 Å². The molecule has 0 fully saturated rings. The second-order valence-electron chi connectivity index (χ2n) is 5.05. The molecule has 3 rings (SSSR count). The number of benzene rings is 1. The fourth-order valence-corrected chi connectivity index (χ4v) is 2.27. The Kier molecular flexibility index (Phi) is 3.21. The maximum atomic E-state index is 12.2. The van der Waals surface area contributed by atoms with Crippen molar-refractivity contribution in [1.29, 1.82) is 0 Å². The average Bonchev–Trinajstić information content (AvgIpc) is 3.01. The minimum atomic E-state index is -0.161. The first-order chi connectivity index (χ1) is 10.0. The quantitative estimate of drug-likeness (QED) is 0.773. The van der Waals surface area contributed by atoms with E-state index in [4.69, 9.17) is 4.52 Å². The Morgan fingerprint density at radius 2 is 2.14 bits per heavy atom. The standard InChI is InChI=1S/C15H16N4O2/c1-8-9(2)17-13-5-4-11(6-12(8)13)15(20)16-7-14-18-10(3)19-21-14/h4-6,17H,7H2,1-3H3,(H,16,20). The van der Waals surface area contributed by atoms with Crippen molar-refractivity contribution in [3.8, 4) is 0 Å². The maximum absolute atomic E-state index is 12.2. The first-order valence-corrected chi connectivity index (χ1v) is 6.71. The van der Waals surface area contributed by atoms with Crippen molar-refractivity contribution in [1.82, 2.24) is 20.4 Å². The van der Waals surface area contributed by atoms with E-state index in [1.54, 1.807) is 13.0 Å². The number of amides is 1. The van der Waals surface area contributed by atoms with Crippen LogP contribution in [0.2, 0.25) is 0 Å². The highest BCUT2D eigenvalue weighted by Gasteiger charge is 2.11. The van der Waals surface area contributed by atoms with Crippen molar-refractivity contribution in [3.05, 3.63) is 46.7 Å². The first-order valence-electron chi connectivity index (χ1n) is 6.71. The third-order valence-electron chi connectivity index (χ3n) is 3.54. The molecule has 1 amide bonds. The van der Waals surface area contributed by atoms with E-state index in [0.717, 1.165) is 22.2 Å². The summed E-state index contributed by atoms with van der Waals surface area (Å²) >= 11 is 0. The molecule has 2 N–H and O–H groups in total. The van der Waals surface area contributed by atoms with Gasteiger partial charge in [0.2, 0.25) is 5.89 Å². The Balaban J connectivity index is 1.79. The molecule has 0 aliphatic rings. The molecule has 6 heteroatoms. The Labute approximate surface area is 121 Å². The number of hydrogen-bond donors (Lipinski definition) is 2. The molecule has 0 saturated carbocycles. The summed E-state index contributed by atoms with van der Waals surface area (Å²) in [5.41, 5.74) is 3.92. The molecule has 3 aromatic rings. The highest BCUT2D eigenvalue weighted by Crippen LogP contribution is 2.22. The minimum absolute atomic E-state index is 0.161. The topological polar surface area (TPSA) is 83.8 Å². The predicted octanol–water partition coefficient (Wildman–Crippen LogP) is 2.41. The minimum Gasteiger partial charge on any atom is -0.358 e. The molecule has 6 nitrogen and oxygen atoms in total. The third kappa shape index (κ3) is 2.52. The van der Waals surface area contributed by atoms with Crippen molar-refractivity contribution in [2.45, 2.75) is 27.3 Å². The summed E-state index contributed by atoms with van der Waals surface area (Å²) in [6.45, 7) is 6.02. The molecule has 0 radical (unpaired) electrons. The van der Waals surface area contributed by atoms with E-state index in [-0.39, 0.29) is 12.5 Å². The second kappa shape index (κ2) is 5.05. The van der Waals surface area contributed by atoms with Crippen LogP contribution in [0, 0.1) is 20.8 Å². The average molecular weight is 284 g/mol. The number of aromatic nitrogens is 3. The van der Waals surface area contributed by atoms with Crippen LogP contribution in [0.5, 0.6) is 0 Å². The van der Waals surface area contributed by atoms with Crippen LogP contribution in [0.1, 0.15) is 33.3 Å². The molecule has 0 spiro atoms. The maximum Gasteiger partial charge on any atom is 0.251 e. The number of aromatic amines is 1. The number of H-pyrrole nitrogens is 1. The molecule has 0 aliphatic carbocycles. The van der Waals surface area contributed by atoms with Crippen LogP contribution in [-0.4, -0.2) is 21.0 Å². The van der Waals surface area contributed by atoms with Gasteiger partial charge >= 0.3 is 0 Å². The van der Waals surface area contributed by atoms with Crippen molar-refractivity contribution in [2.24, 2.45) is 0 Å². The van der Waals surface area contributed by atoms with E-state index < -0.39 is 0 Å². The molecular weight excluding hydrogens is 268 g/mol. The van der Waals surface area contributed by atoms with Gasteiger partial charge in [-0.1, -0.05) is 5.16 Å². The number of hydrogen-bond acceptors (Lipinski definition) is 4. The third-order valence-corrected chi connectivity index (χ3v) is 3.54. The van der Waals surface area contributed by atoms with E-state index in [0.29, 0.717) is 17.3 Å². The van der Waals surface area contributed by atoms with Gasteiger partial charge in [0, 0.05) is 22.2 Å². The van der Waals surface area contributed by atoms with Gasteiger partial charge in [0.25, 0.3) is 5.91 Å². The van der Waals surface area contributed by atoms with Gasteiger partial charge in [0.05, 0.1) is 6.54 Å². The SMILES string of the molecule is Cc1noc(CNC(=O)c2ccc3[nH]c(C)c(C)c3c2)n1. The number of rotatable bonds is 3. The number of carbonyl (C=O) groups is 1. The Morgan fingerprint density at radius 1 is 1.33 bits per heavy atom. The fraction of sp³-hybridized carbons (Fsp3) is 0.267. The van der Waals surface area contributed by atoms with E-state index in [1.807, 2.05) is 26.0 Å². The van der Waals surface area contributed by atoms with Gasteiger partial charge in [-0.05, 0) is 44.5 Å². The van der Waals surface area contributed by atoms with Gasteiger partial charge in [0.15, 0.2) is 5.82 Å². The van der Waals surface area contributed by atoms with Gasteiger partial charge in [-0.25, -0.2) is 0 Å². The molecule has 0 unspecified atom stereocenters. The highest BCUT2D eigenvalue weighted by molar-refractivity contribution is 5.98. The lowest BCUT2D eigenvalue weighted by atomic mass is 10.1. The zero-order valence-corrected chi connectivity index (χ0v) is 12.2. The summed E-state index contributed by atoms with van der Waals surface area (Å²) in [5.74, 6) is 0.792. The lowest BCUT2D eigenvalue weighted by Crippen LogP contribution is -2.22. The predicted molar refractivity (Wildman–Crippen MR) is 78.0 cm³/mol. The number of carbonyl (C=O) groups excluding carboxylic acids is 1. The fourth-order valence-electron chi connectivity index (χ4n) is 2.27. The zero-order valence-electron chi connectivity index (χ0n) is 12.2. The largest absolute Gasteiger partial charge is 0.358 e. The molecule has 0 saturated heterocycles. The molecule has 1 aromatic carbocycles. The van der Waals surface area contributed by atoms with Crippen LogP contribution in [0.3, 0.4) is 0 Å². The summed E-state index contributed by atoms with van der Waals surface area (Å²) in [6, 6.07) is 5.61. The summed E-state index contributed by atoms with van der Waals surface area (Å²) in [5, 5.41) is 7.52. The monoisotopic (exact) mass is 284 g/mol. The van der Waals surface area contributed by atoms with Gasteiger partial charge in [-0.3, -0.25) is 4.79 Å². The smallest absolute Gasteiger partial charge is 0.251 e. The molecule has 2 heterocycles. The van der Waals surface area contributed by atoms with Gasteiger partial charge < -0.3 is 14.8 Å². The molecule has 21 heavy (non-hydrogen) atoms. The highest BCUT2D eigenvalue weighted by atomic mass is 16.5. The molecule has 0 bridgehead atoms. The summed E-state index contributed by atoms with van der Waals surface area (Å²) in [6.07, 6.45) is 0. The zero-order chi connectivity index (χ0) is 15.0. The van der Waals surface area contributed by atoms with Gasteiger partial charge in [-0.15, -0.1) is 0 Å². The van der Waals surface area contributed by atoms with E-state index in [1.165, 1.54) is 0 Å². The molecule has 0 atom stereocenters. The molecule has 2 aromatic heterocycles. The Bertz CT molecular complexity index is 816. The number of aryl methyl sites for hydroxylation is 3. The summed E-state index contributed by atoms with van der Waals surface area (Å²) in [7, 11) is 0. The summed E-state index contributed by atoms with van der Waals surface area (Å²) in [4.78, 5) is 19.5. The Hall–Kier alpha value is -2.63. The van der Waals surface area contributed by atoms with Crippen molar-refractivity contribution >= 4 is 16.8 Å². The van der Waals surface area contributed by atoms with Crippen LogP contribution in [0.4, 0.5) is 0 Å². The first kappa shape index (κ1) is 13.4. The lowest BCUT2D eigenvalue weighted by molar-refractivity contribution is 0.0946. The van der Waals surface area contributed by atoms with Crippen LogP contribution in [0.25, 0.3) is 10.9 Å². The Morgan fingerprint density at radius 3 is 2.86 bits per heavy atom. The second-order valence-corrected chi connectivity index (χ2v) is 5.05. The van der Waals surface area contributed by atoms with Crippen LogP contribution in [0.15, 0.2) is 22.7 Å². The molecular formula is C15H16N4O2. The van der Waals surface area contributed by atoms with Crippen molar-refractivity contribution in [2.75, 3.05) is 0 Å². The van der Waals surface area contributed by atoms with E-state index in [2.05, 4.69) is 20.4 Å². The van der Waals surface area contributed by atoms with Crippen molar-refractivity contribution < 1.29 is 9.32 Å². The molecule has 108 valence electrons. The number of nitrogens with zero attached hydrogens (tertiary/aromatic N) is 2. The van der Waals surface area contributed by atoms with Crippen LogP contribution < -0.4 is 5.32 Å². The van der Waals surface area contributed by atoms with Gasteiger partial charge in [-0.2, -0.15) is 4.98 Å². The van der Waals surface area contributed by atoms with E-state index in [9.17, 15) is 4.79 Å².